The number of benzene rings is 1. The van der Waals surface area contributed by atoms with E-state index in [1.54, 1.807) is 18.2 Å². The molecule has 1 unspecified atom stereocenters. The van der Waals surface area contributed by atoms with Crippen molar-refractivity contribution in [2.24, 2.45) is 5.10 Å². The van der Waals surface area contributed by atoms with Crippen LogP contribution in [0.4, 0.5) is 5.69 Å². The van der Waals surface area contributed by atoms with Crippen molar-refractivity contribution in [3.63, 3.8) is 0 Å². The number of nitrogens with zero attached hydrogens (tertiary/aromatic N) is 3. The molecule has 2 heterocycles. The second-order valence-corrected chi connectivity index (χ2v) is 6.48. The van der Waals surface area contributed by atoms with E-state index in [-0.39, 0.29) is 11.6 Å². The van der Waals surface area contributed by atoms with E-state index in [2.05, 4.69) is 15.5 Å². The normalized spacial score (nSPS) is 18.0. The molecule has 1 atom stereocenters. The van der Waals surface area contributed by atoms with Crippen LogP contribution in [0.5, 0.6) is 0 Å². The van der Waals surface area contributed by atoms with Gasteiger partial charge in [-0.2, -0.15) is 5.10 Å². The van der Waals surface area contributed by atoms with E-state index in [0.29, 0.717) is 40.1 Å². The van der Waals surface area contributed by atoms with Crippen molar-refractivity contribution >= 4 is 40.6 Å². The number of carboxylic acids is 1. The third-order valence-corrected chi connectivity index (χ3v) is 4.70. The van der Waals surface area contributed by atoms with Gasteiger partial charge in [0.25, 0.3) is 5.56 Å². The van der Waals surface area contributed by atoms with E-state index >= 15 is 0 Å². The lowest BCUT2D eigenvalue weighted by atomic mass is 10.0. The van der Waals surface area contributed by atoms with Gasteiger partial charge in [-0.25, -0.2) is 9.78 Å². The van der Waals surface area contributed by atoms with E-state index < -0.39 is 11.5 Å². The zero-order chi connectivity index (χ0) is 18.1. The van der Waals surface area contributed by atoms with Gasteiger partial charge in [-0.05, 0) is 38.0 Å². The standard InChI is InChI=1S/C16H14Cl2N4O3/c1-8-2-5-13(21-20-9-3-4-11(17)12(18)6-9)14-19-7-10(16(24)25)15(23)22(8)14/h3-4,6-8,20H,2,5H2,1H3,(H,24,25)/b21-13+. The molecule has 0 spiro atoms. The Hall–Kier alpha value is -2.38. The summed E-state index contributed by atoms with van der Waals surface area (Å²) in [5.41, 5.74) is 3.14. The fourth-order valence-corrected chi connectivity index (χ4v) is 2.93. The molecule has 0 aliphatic carbocycles. The fraction of sp³-hybridized carbons (Fsp3) is 0.250. The SMILES string of the molecule is CC1CC/C(=N\Nc2ccc(Cl)c(Cl)c2)c2ncc(C(=O)O)c(=O)n21. The van der Waals surface area contributed by atoms with Crippen LogP contribution < -0.4 is 11.0 Å². The van der Waals surface area contributed by atoms with Gasteiger partial charge in [0.1, 0.15) is 11.3 Å². The summed E-state index contributed by atoms with van der Waals surface area (Å²) < 4.78 is 1.38. The van der Waals surface area contributed by atoms with E-state index in [0.717, 1.165) is 6.20 Å². The van der Waals surface area contributed by atoms with Crippen LogP contribution in [0, 0.1) is 0 Å². The number of hydrazone groups is 1. The summed E-state index contributed by atoms with van der Waals surface area (Å²) in [5, 5.41) is 14.2. The first-order valence-corrected chi connectivity index (χ1v) is 8.27. The number of hydrogen-bond donors (Lipinski definition) is 2. The number of fused-ring (bicyclic) bond motifs is 1. The Morgan fingerprint density at radius 3 is 2.84 bits per heavy atom. The van der Waals surface area contributed by atoms with Crippen LogP contribution in [0.2, 0.25) is 10.0 Å². The van der Waals surface area contributed by atoms with Crippen molar-refractivity contribution in [1.82, 2.24) is 9.55 Å². The monoisotopic (exact) mass is 380 g/mol. The molecule has 2 aromatic rings. The van der Waals surface area contributed by atoms with E-state index in [1.165, 1.54) is 4.57 Å². The first-order chi connectivity index (χ1) is 11.9. The van der Waals surface area contributed by atoms with Crippen molar-refractivity contribution < 1.29 is 9.90 Å². The quantitative estimate of drug-likeness (QED) is 0.795. The highest BCUT2D eigenvalue weighted by molar-refractivity contribution is 6.42. The summed E-state index contributed by atoms with van der Waals surface area (Å²) in [4.78, 5) is 27.7. The Balaban J connectivity index is 1.99. The van der Waals surface area contributed by atoms with Gasteiger partial charge in [0.05, 0.1) is 15.7 Å². The van der Waals surface area contributed by atoms with Gasteiger partial charge < -0.3 is 5.11 Å². The molecule has 1 aliphatic heterocycles. The number of anilines is 1. The Morgan fingerprint density at radius 2 is 2.16 bits per heavy atom. The number of rotatable bonds is 3. The number of aromatic nitrogens is 2. The molecule has 0 amide bonds. The lowest BCUT2D eigenvalue weighted by molar-refractivity contribution is 0.0693. The molecule has 0 saturated carbocycles. The maximum absolute atomic E-state index is 12.4. The summed E-state index contributed by atoms with van der Waals surface area (Å²) in [5.74, 6) is -0.931. The third kappa shape index (κ3) is 3.38. The number of nitrogens with one attached hydrogen (secondary N) is 1. The first-order valence-electron chi connectivity index (χ1n) is 7.51. The molecule has 1 aliphatic rings. The molecule has 1 aromatic heterocycles. The Labute approximate surface area is 152 Å². The zero-order valence-corrected chi connectivity index (χ0v) is 14.7. The molecule has 7 nitrogen and oxygen atoms in total. The average molecular weight is 381 g/mol. The van der Waals surface area contributed by atoms with Gasteiger partial charge in [-0.3, -0.25) is 14.8 Å². The highest BCUT2D eigenvalue weighted by Crippen LogP contribution is 2.26. The topological polar surface area (TPSA) is 96.6 Å². The lowest BCUT2D eigenvalue weighted by Crippen LogP contribution is -2.37. The van der Waals surface area contributed by atoms with Crippen molar-refractivity contribution in [2.45, 2.75) is 25.8 Å². The molecule has 0 bridgehead atoms. The molecule has 0 fully saturated rings. The predicted molar refractivity (Wildman–Crippen MR) is 96.0 cm³/mol. The first kappa shape index (κ1) is 17.4. The van der Waals surface area contributed by atoms with Gasteiger partial charge >= 0.3 is 5.97 Å². The van der Waals surface area contributed by atoms with Crippen LogP contribution in [0.15, 0.2) is 34.3 Å². The van der Waals surface area contributed by atoms with Crippen molar-refractivity contribution in [2.75, 3.05) is 5.43 Å². The highest BCUT2D eigenvalue weighted by atomic mass is 35.5. The number of carboxylic acid groups (broad SMARTS) is 1. The molecular weight excluding hydrogens is 367 g/mol. The van der Waals surface area contributed by atoms with Crippen LogP contribution in [0.1, 0.15) is 42.0 Å². The minimum absolute atomic E-state index is 0.154. The molecule has 25 heavy (non-hydrogen) atoms. The number of hydrogen-bond acceptors (Lipinski definition) is 5. The maximum Gasteiger partial charge on any atom is 0.342 e. The third-order valence-electron chi connectivity index (χ3n) is 3.96. The van der Waals surface area contributed by atoms with Crippen LogP contribution in [-0.4, -0.2) is 26.3 Å². The highest BCUT2D eigenvalue weighted by Gasteiger charge is 2.26. The van der Waals surface area contributed by atoms with Gasteiger partial charge in [-0.15, -0.1) is 0 Å². The predicted octanol–water partition coefficient (Wildman–Crippen LogP) is 3.42. The summed E-state index contributed by atoms with van der Waals surface area (Å²) >= 11 is 11.8. The largest absolute Gasteiger partial charge is 0.477 e. The molecular formula is C16H14Cl2N4O3. The van der Waals surface area contributed by atoms with Crippen LogP contribution in [-0.2, 0) is 0 Å². The second-order valence-electron chi connectivity index (χ2n) is 5.66. The van der Waals surface area contributed by atoms with Gasteiger partial charge in [0, 0.05) is 12.2 Å². The van der Waals surface area contributed by atoms with Crippen molar-refractivity contribution in [1.29, 1.82) is 0 Å². The van der Waals surface area contributed by atoms with E-state index in [4.69, 9.17) is 28.3 Å². The van der Waals surface area contributed by atoms with Crippen molar-refractivity contribution in [3.8, 4) is 0 Å². The second kappa shape index (κ2) is 6.85. The molecule has 0 radical (unpaired) electrons. The number of halogens is 2. The Morgan fingerprint density at radius 1 is 1.40 bits per heavy atom. The summed E-state index contributed by atoms with van der Waals surface area (Å²) in [6.45, 7) is 1.85. The van der Waals surface area contributed by atoms with Crippen molar-refractivity contribution in [3.05, 3.63) is 56.2 Å². The lowest BCUT2D eigenvalue weighted by Gasteiger charge is -2.25. The average Bonchev–Trinajstić information content (AvgIpc) is 2.57. The smallest absolute Gasteiger partial charge is 0.342 e. The minimum Gasteiger partial charge on any atom is -0.477 e. The van der Waals surface area contributed by atoms with Crippen LogP contribution in [0.25, 0.3) is 0 Å². The number of carbonyl (C=O) groups is 1. The molecule has 9 heteroatoms. The van der Waals surface area contributed by atoms with E-state index in [1.807, 2.05) is 6.92 Å². The molecule has 2 N–H and O–H groups in total. The zero-order valence-electron chi connectivity index (χ0n) is 13.2. The van der Waals surface area contributed by atoms with Gasteiger partial charge in [0.2, 0.25) is 0 Å². The molecule has 1 aromatic carbocycles. The van der Waals surface area contributed by atoms with E-state index in [9.17, 15) is 9.59 Å². The molecule has 0 saturated heterocycles. The Kier molecular flexibility index (Phi) is 4.78. The fourth-order valence-electron chi connectivity index (χ4n) is 2.63. The van der Waals surface area contributed by atoms with Gasteiger partial charge in [-0.1, -0.05) is 23.2 Å². The van der Waals surface area contributed by atoms with Crippen LogP contribution in [0.3, 0.4) is 0 Å². The Bertz CT molecular complexity index is 939. The molecule has 130 valence electrons. The molecule has 3 rings (SSSR count). The summed E-state index contributed by atoms with van der Waals surface area (Å²) in [7, 11) is 0. The number of aromatic carboxylic acids is 1. The minimum atomic E-state index is -1.29. The maximum atomic E-state index is 12.4. The summed E-state index contributed by atoms with van der Waals surface area (Å²) in [6.07, 6.45) is 2.33. The summed E-state index contributed by atoms with van der Waals surface area (Å²) in [6, 6.07) is 4.84. The van der Waals surface area contributed by atoms with Gasteiger partial charge in [0.15, 0.2) is 5.82 Å². The van der Waals surface area contributed by atoms with Crippen LogP contribution >= 0.6 is 23.2 Å².